The van der Waals surface area contributed by atoms with Crippen LogP contribution in [0.4, 0.5) is 10.1 Å². The van der Waals surface area contributed by atoms with E-state index in [4.69, 9.17) is 5.73 Å². The lowest BCUT2D eigenvalue weighted by atomic mass is 10.1. The number of hydrogen-bond acceptors (Lipinski definition) is 3. The van der Waals surface area contributed by atoms with Gasteiger partial charge in [-0.1, -0.05) is 19.1 Å². The highest BCUT2D eigenvalue weighted by atomic mass is 19.1. The van der Waals surface area contributed by atoms with Crippen LogP contribution in [0.15, 0.2) is 18.2 Å². The minimum absolute atomic E-state index is 0.155. The van der Waals surface area contributed by atoms with Gasteiger partial charge in [0.2, 0.25) is 0 Å². The lowest BCUT2D eigenvalue weighted by Crippen LogP contribution is -2.51. The molecule has 3 nitrogen and oxygen atoms in total. The maximum absolute atomic E-state index is 14.0. The largest absolute Gasteiger partial charge is 0.366 e. The summed E-state index contributed by atoms with van der Waals surface area (Å²) in [6.45, 7) is 5.27. The molecule has 0 amide bonds. The molecular weight excluding hydrogens is 229 g/mol. The fourth-order valence-electron chi connectivity index (χ4n) is 2.67. The van der Waals surface area contributed by atoms with Gasteiger partial charge in [-0.3, -0.25) is 4.90 Å². The van der Waals surface area contributed by atoms with Crippen LogP contribution < -0.4 is 10.6 Å². The van der Waals surface area contributed by atoms with Crippen molar-refractivity contribution in [2.45, 2.75) is 25.9 Å². The topological polar surface area (TPSA) is 32.5 Å². The van der Waals surface area contributed by atoms with Crippen LogP contribution in [0.2, 0.25) is 0 Å². The second kappa shape index (κ2) is 5.67. The highest BCUT2D eigenvalue weighted by Gasteiger charge is 2.25. The predicted octanol–water partition coefficient (Wildman–Crippen LogP) is 1.81. The number of hydrogen-bond donors (Lipinski definition) is 1. The number of piperazine rings is 1. The summed E-state index contributed by atoms with van der Waals surface area (Å²) in [4.78, 5) is 4.49. The Morgan fingerprint density at radius 3 is 2.83 bits per heavy atom. The molecule has 0 radical (unpaired) electrons. The molecule has 100 valence electrons. The van der Waals surface area contributed by atoms with Crippen molar-refractivity contribution in [3.8, 4) is 0 Å². The molecule has 1 aromatic rings. The van der Waals surface area contributed by atoms with Crippen molar-refractivity contribution in [2.24, 2.45) is 5.73 Å². The minimum Gasteiger partial charge on any atom is -0.366 e. The van der Waals surface area contributed by atoms with Crippen molar-refractivity contribution in [1.82, 2.24) is 4.90 Å². The molecule has 1 aliphatic rings. The van der Waals surface area contributed by atoms with Crippen molar-refractivity contribution in [3.05, 3.63) is 29.6 Å². The number of para-hydroxylation sites is 1. The zero-order valence-corrected chi connectivity index (χ0v) is 11.2. The van der Waals surface area contributed by atoms with Crippen molar-refractivity contribution >= 4 is 5.69 Å². The summed E-state index contributed by atoms with van der Waals surface area (Å²) in [6, 6.07) is 5.66. The van der Waals surface area contributed by atoms with Gasteiger partial charge >= 0.3 is 0 Å². The maximum atomic E-state index is 14.0. The number of halogens is 1. The Balaban J connectivity index is 2.26. The second-order valence-corrected chi connectivity index (χ2v) is 4.94. The molecule has 1 saturated heterocycles. The zero-order valence-electron chi connectivity index (χ0n) is 11.2. The van der Waals surface area contributed by atoms with Gasteiger partial charge < -0.3 is 10.6 Å². The standard InChI is InChI=1S/C14H22FN3/c1-3-12-10-18(8-7-17(12)2)14-11(9-16)5-4-6-13(14)15/h4-6,12H,3,7-10,16H2,1-2H3. The van der Waals surface area contributed by atoms with E-state index >= 15 is 0 Å². The van der Waals surface area contributed by atoms with E-state index in [0.29, 0.717) is 18.3 Å². The lowest BCUT2D eigenvalue weighted by Gasteiger charge is -2.41. The molecule has 0 bridgehead atoms. The van der Waals surface area contributed by atoms with E-state index in [1.165, 1.54) is 6.07 Å². The number of nitrogens with two attached hydrogens (primary N) is 1. The molecule has 0 spiro atoms. The van der Waals surface area contributed by atoms with Crippen LogP contribution in [0.3, 0.4) is 0 Å². The van der Waals surface area contributed by atoms with Gasteiger partial charge in [-0.25, -0.2) is 4.39 Å². The third-order valence-corrected chi connectivity index (χ3v) is 3.85. The summed E-state index contributed by atoms with van der Waals surface area (Å²) in [7, 11) is 2.14. The zero-order chi connectivity index (χ0) is 13.1. The van der Waals surface area contributed by atoms with E-state index in [-0.39, 0.29) is 5.82 Å². The Kier molecular flexibility index (Phi) is 4.19. The van der Waals surface area contributed by atoms with Crippen LogP contribution in [0.1, 0.15) is 18.9 Å². The average molecular weight is 251 g/mol. The molecule has 2 N–H and O–H groups in total. The van der Waals surface area contributed by atoms with Crippen molar-refractivity contribution < 1.29 is 4.39 Å². The molecule has 2 rings (SSSR count). The third kappa shape index (κ3) is 2.49. The molecule has 1 atom stereocenters. The highest BCUT2D eigenvalue weighted by Crippen LogP contribution is 2.26. The highest BCUT2D eigenvalue weighted by molar-refractivity contribution is 5.55. The lowest BCUT2D eigenvalue weighted by molar-refractivity contribution is 0.212. The Bertz CT molecular complexity index is 408. The van der Waals surface area contributed by atoms with Gasteiger partial charge in [0.1, 0.15) is 5.82 Å². The summed E-state index contributed by atoms with van der Waals surface area (Å²) in [5.41, 5.74) is 7.32. The second-order valence-electron chi connectivity index (χ2n) is 4.94. The van der Waals surface area contributed by atoms with Gasteiger partial charge in [0.15, 0.2) is 0 Å². The molecular formula is C14H22FN3. The van der Waals surface area contributed by atoms with Gasteiger partial charge in [0, 0.05) is 32.2 Å². The van der Waals surface area contributed by atoms with E-state index in [1.807, 2.05) is 6.07 Å². The number of benzene rings is 1. The average Bonchev–Trinajstić information content (AvgIpc) is 2.39. The number of anilines is 1. The quantitative estimate of drug-likeness (QED) is 0.889. The van der Waals surface area contributed by atoms with E-state index < -0.39 is 0 Å². The smallest absolute Gasteiger partial charge is 0.146 e. The van der Waals surface area contributed by atoms with Gasteiger partial charge in [-0.2, -0.15) is 0 Å². The van der Waals surface area contributed by atoms with Crippen molar-refractivity contribution in [3.63, 3.8) is 0 Å². The molecule has 1 unspecified atom stereocenters. The Labute approximate surface area is 108 Å². The van der Waals surface area contributed by atoms with Crippen molar-refractivity contribution in [2.75, 3.05) is 31.6 Å². The normalized spacial score (nSPS) is 21.3. The van der Waals surface area contributed by atoms with Crippen LogP contribution in [0.25, 0.3) is 0 Å². The molecule has 0 aromatic heterocycles. The summed E-state index contributed by atoms with van der Waals surface area (Å²) in [5.74, 6) is -0.155. The van der Waals surface area contributed by atoms with E-state index in [0.717, 1.165) is 31.6 Å². The van der Waals surface area contributed by atoms with E-state index in [9.17, 15) is 4.39 Å². The van der Waals surface area contributed by atoms with Crippen LogP contribution in [-0.2, 0) is 6.54 Å². The van der Waals surface area contributed by atoms with E-state index in [2.05, 4.69) is 23.8 Å². The minimum atomic E-state index is -0.155. The molecule has 18 heavy (non-hydrogen) atoms. The molecule has 0 aliphatic carbocycles. The molecule has 1 heterocycles. The van der Waals surface area contributed by atoms with Crippen molar-refractivity contribution in [1.29, 1.82) is 0 Å². The first-order chi connectivity index (χ1) is 8.67. The third-order valence-electron chi connectivity index (χ3n) is 3.85. The monoisotopic (exact) mass is 251 g/mol. The van der Waals surface area contributed by atoms with Gasteiger partial charge in [-0.15, -0.1) is 0 Å². The molecule has 1 aromatic carbocycles. The molecule has 4 heteroatoms. The Hall–Kier alpha value is -1.13. The summed E-state index contributed by atoms with van der Waals surface area (Å²) >= 11 is 0. The first kappa shape index (κ1) is 13.3. The van der Waals surface area contributed by atoms with Crippen LogP contribution >= 0.6 is 0 Å². The molecule has 0 saturated carbocycles. The predicted molar refractivity (Wildman–Crippen MR) is 73.2 cm³/mol. The SMILES string of the molecule is CCC1CN(c2c(F)cccc2CN)CCN1C. The number of rotatable bonds is 3. The van der Waals surface area contributed by atoms with Gasteiger partial charge in [0.05, 0.1) is 5.69 Å². The van der Waals surface area contributed by atoms with E-state index in [1.54, 1.807) is 6.07 Å². The first-order valence-corrected chi connectivity index (χ1v) is 6.60. The van der Waals surface area contributed by atoms with Gasteiger partial charge in [0.25, 0.3) is 0 Å². The summed E-state index contributed by atoms with van der Waals surface area (Å²) in [6.07, 6.45) is 1.08. The summed E-state index contributed by atoms with van der Waals surface area (Å²) in [5, 5.41) is 0. The number of likely N-dealkylation sites (N-methyl/N-ethyl adjacent to an activating group) is 1. The Morgan fingerprint density at radius 1 is 1.39 bits per heavy atom. The van der Waals surface area contributed by atoms with Gasteiger partial charge in [-0.05, 0) is 25.1 Å². The molecule has 1 fully saturated rings. The number of nitrogens with zero attached hydrogens (tertiary/aromatic N) is 2. The fourth-order valence-corrected chi connectivity index (χ4v) is 2.67. The van der Waals surface area contributed by atoms with Crippen LogP contribution in [-0.4, -0.2) is 37.6 Å². The molecule has 1 aliphatic heterocycles. The van der Waals surface area contributed by atoms with Crippen LogP contribution in [0, 0.1) is 5.82 Å². The Morgan fingerprint density at radius 2 is 2.17 bits per heavy atom. The first-order valence-electron chi connectivity index (χ1n) is 6.60. The maximum Gasteiger partial charge on any atom is 0.146 e. The summed E-state index contributed by atoms with van der Waals surface area (Å²) < 4.78 is 14.0. The van der Waals surface area contributed by atoms with Crippen LogP contribution in [0.5, 0.6) is 0 Å². The fraction of sp³-hybridized carbons (Fsp3) is 0.571.